The number of anilines is 1. The van der Waals surface area contributed by atoms with Gasteiger partial charge in [-0.1, -0.05) is 0 Å². The molecule has 90 valence electrons. The SMILES string of the molecule is CCNC(=O)c1cc(N(C)CCC#N)ccn1. The van der Waals surface area contributed by atoms with E-state index in [0.29, 0.717) is 25.2 Å². The molecular weight excluding hydrogens is 216 g/mol. The highest BCUT2D eigenvalue weighted by molar-refractivity contribution is 5.93. The summed E-state index contributed by atoms with van der Waals surface area (Å²) in [4.78, 5) is 17.5. The maximum Gasteiger partial charge on any atom is 0.269 e. The summed E-state index contributed by atoms with van der Waals surface area (Å²) in [6, 6.07) is 5.63. The molecule has 0 atom stereocenters. The predicted octanol–water partition coefficient (Wildman–Crippen LogP) is 1.18. The Morgan fingerprint density at radius 3 is 3.06 bits per heavy atom. The number of nitriles is 1. The van der Waals surface area contributed by atoms with E-state index in [1.165, 1.54) is 0 Å². The fourth-order valence-electron chi connectivity index (χ4n) is 1.38. The number of aromatic nitrogens is 1. The number of rotatable bonds is 5. The van der Waals surface area contributed by atoms with Crippen LogP contribution >= 0.6 is 0 Å². The van der Waals surface area contributed by atoms with E-state index in [2.05, 4.69) is 16.4 Å². The fraction of sp³-hybridized carbons (Fsp3) is 0.417. The van der Waals surface area contributed by atoms with Crippen LogP contribution in [0, 0.1) is 11.3 Å². The van der Waals surface area contributed by atoms with Crippen molar-refractivity contribution in [3.63, 3.8) is 0 Å². The molecule has 1 N–H and O–H groups in total. The molecule has 0 saturated carbocycles. The van der Waals surface area contributed by atoms with Crippen LogP contribution in [-0.2, 0) is 0 Å². The molecule has 0 bridgehead atoms. The lowest BCUT2D eigenvalue weighted by atomic mass is 10.2. The van der Waals surface area contributed by atoms with Crippen molar-refractivity contribution in [2.24, 2.45) is 0 Å². The predicted molar refractivity (Wildman–Crippen MR) is 65.7 cm³/mol. The van der Waals surface area contributed by atoms with Gasteiger partial charge in [0.2, 0.25) is 0 Å². The standard InChI is InChI=1S/C12H16N4O/c1-3-14-12(17)11-9-10(5-7-15-11)16(2)8-4-6-13/h5,7,9H,3-4,8H2,1-2H3,(H,14,17). The van der Waals surface area contributed by atoms with Gasteiger partial charge in [-0.2, -0.15) is 5.26 Å². The third-order valence-electron chi connectivity index (χ3n) is 2.31. The van der Waals surface area contributed by atoms with Crippen molar-refractivity contribution < 1.29 is 4.79 Å². The van der Waals surface area contributed by atoms with Gasteiger partial charge >= 0.3 is 0 Å². The summed E-state index contributed by atoms with van der Waals surface area (Å²) in [5, 5.41) is 11.2. The lowest BCUT2D eigenvalue weighted by molar-refractivity contribution is 0.0951. The summed E-state index contributed by atoms with van der Waals surface area (Å²) in [6.45, 7) is 3.07. The molecule has 1 aromatic heterocycles. The van der Waals surface area contributed by atoms with Crippen molar-refractivity contribution in [2.75, 3.05) is 25.0 Å². The van der Waals surface area contributed by atoms with Gasteiger partial charge in [-0.25, -0.2) is 0 Å². The number of carbonyl (C=O) groups excluding carboxylic acids is 1. The van der Waals surface area contributed by atoms with Crippen LogP contribution in [0.3, 0.4) is 0 Å². The minimum Gasteiger partial charge on any atom is -0.373 e. The van der Waals surface area contributed by atoms with E-state index in [0.717, 1.165) is 5.69 Å². The highest BCUT2D eigenvalue weighted by Gasteiger charge is 2.08. The highest BCUT2D eigenvalue weighted by atomic mass is 16.1. The molecule has 0 aromatic carbocycles. The molecular formula is C12H16N4O. The van der Waals surface area contributed by atoms with E-state index in [1.54, 1.807) is 12.3 Å². The second-order valence-electron chi connectivity index (χ2n) is 3.59. The van der Waals surface area contributed by atoms with Gasteiger partial charge in [0.1, 0.15) is 5.69 Å². The van der Waals surface area contributed by atoms with Crippen LogP contribution in [-0.4, -0.2) is 31.0 Å². The number of carbonyl (C=O) groups is 1. The second-order valence-corrected chi connectivity index (χ2v) is 3.59. The summed E-state index contributed by atoms with van der Waals surface area (Å²) in [7, 11) is 1.88. The first-order valence-corrected chi connectivity index (χ1v) is 5.51. The quantitative estimate of drug-likeness (QED) is 0.827. The van der Waals surface area contributed by atoms with Crippen LogP contribution in [0.15, 0.2) is 18.3 Å². The van der Waals surface area contributed by atoms with Gasteiger partial charge in [0.15, 0.2) is 0 Å². The van der Waals surface area contributed by atoms with Crippen LogP contribution in [0.5, 0.6) is 0 Å². The van der Waals surface area contributed by atoms with Crippen LogP contribution in [0.25, 0.3) is 0 Å². The molecule has 1 heterocycles. The molecule has 0 fully saturated rings. The van der Waals surface area contributed by atoms with Crippen LogP contribution in [0.4, 0.5) is 5.69 Å². The van der Waals surface area contributed by atoms with Gasteiger partial charge < -0.3 is 10.2 Å². The van der Waals surface area contributed by atoms with Gasteiger partial charge in [0.05, 0.1) is 12.5 Å². The smallest absolute Gasteiger partial charge is 0.269 e. The molecule has 5 nitrogen and oxygen atoms in total. The summed E-state index contributed by atoms with van der Waals surface area (Å²) < 4.78 is 0. The first-order valence-electron chi connectivity index (χ1n) is 5.51. The molecule has 1 aromatic rings. The highest BCUT2D eigenvalue weighted by Crippen LogP contribution is 2.12. The van der Waals surface area contributed by atoms with Crippen molar-refractivity contribution in [3.8, 4) is 6.07 Å². The van der Waals surface area contributed by atoms with Gasteiger partial charge in [0, 0.05) is 32.0 Å². The molecule has 1 rings (SSSR count). The van der Waals surface area contributed by atoms with E-state index in [1.807, 2.05) is 24.9 Å². The zero-order valence-corrected chi connectivity index (χ0v) is 10.1. The number of pyridine rings is 1. The minimum absolute atomic E-state index is 0.178. The van der Waals surface area contributed by atoms with Gasteiger partial charge in [-0.15, -0.1) is 0 Å². The molecule has 0 aliphatic carbocycles. The Morgan fingerprint density at radius 1 is 1.65 bits per heavy atom. The van der Waals surface area contributed by atoms with Gasteiger partial charge in [-0.3, -0.25) is 9.78 Å². The number of hydrogen-bond acceptors (Lipinski definition) is 4. The molecule has 0 unspecified atom stereocenters. The Hall–Kier alpha value is -2.09. The van der Waals surface area contributed by atoms with Gasteiger partial charge in [-0.05, 0) is 19.1 Å². The first-order chi connectivity index (χ1) is 8.19. The normalized spacial score (nSPS) is 9.47. The average Bonchev–Trinajstić information content (AvgIpc) is 2.36. The summed E-state index contributed by atoms with van der Waals surface area (Å²) in [5.41, 5.74) is 1.28. The Kier molecular flexibility index (Phi) is 4.95. The van der Waals surface area contributed by atoms with Crippen LogP contribution in [0.1, 0.15) is 23.8 Å². The Bertz CT molecular complexity index is 425. The van der Waals surface area contributed by atoms with E-state index in [-0.39, 0.29) is 5.91 Å². The first kappa shape index (κ1) is 13.0. The molecule has 0 spiro atoms. The topological polar surface area (TPSA) is 69.0 Å². The summed E-state index contributed by atoms with van der Waals surface area (Å²) in [5.74, 6) is -0.178. The maximum absolute atomic E-state index is 11.6. The van der Waals surface area contributed by atoms with Crippen molar-refractivity contribution in [1.82, 2.24) is 10.3 Å². The Balaban J connectivity index is 2.78. The van der Waals surface area contributed by atoms with Gasteiger partial charge in [0.25, 0.3) is 5.91 Å². The van der Waals surface area contributed by atoms with Crippen molar-refractivity contribution >= 4 is 11.6 Å². The zero-order chi connectivity index (χ0) is 12.7. The van der Waals surface area contributed by atoms with Crippen LogP contribution < -0.4 is 10.2 Å². The number of amides is 1. The molecule has 0 aliphatic heterocycles. The minimum atomic E-state index is -0.178. The largest absolute Gasteiger partial charge is 0.373 e. The molecule has 5 heteroatoms. The third kappa shape index (κ3) is 3.76. The van der Waals surface area contributed by atoms with Crippen molar-refractivity contribution in [3.05, 3.63) is 24.0 Å². The van der Waals surface area contributed by atoms with Crippen LogP contribution in [0.2, 0.25) is 0 Å². The van der Waals surface area contributed by atoms with E-state index < -0.39 is 0 Å². The monoisotopic (exact) mass is 232 g/mol. The Labute approximate surface area is 101 Å². The van der Waals surface area contributed by atoms with E-state index >= 15 is 0 Å². The average molecular weight is 232 g/mol. The third-order valence-corrected chi connectivity index (χ3v) is 2.31. The lowest BCUT2D eigenvalue weighted by Gasteiger charge is -2.17. The summed E-state index contributed by atoms with van der Waals surface area (Å²) >= 11 is 0. The van der Waals surface area contributed by atoms with Crippen molar-refractivity contribution in [1.29, 1.82) is 5.26 Å². The van der Waals surface area contributed by atoms with Crippen molar-refractivity contribution in [2.45, 2.75) is 13.3 Å². The zero-order valence-electron chi connectivity index (χ0n) is 10.1. The van der Waals surface area contributed by atoms with E-state index in [9.17, 15) is 4.79 Å². The molecule has 0 radical (unpaired) electrons. The number of nitrogens with zero attached hydrogens (tertiary/aromatic N) is 3. The number of nitrogens with one attached hydrogen (secondary N) is 1. The molecule has 17 heavy (non-hydrogen) atoms. The Morgan fingerprint density at radius 2 is 2.41 bits per heavy atom. The van der Waals surface area contributed by atoms with E-state index in [4.69, 9.17) is 5.26 Å². The second kappa shape index (κ2) is 6.48. The molecule has 0 saturated heterocycles. The molecule has 1 amide bonds. The molecule has 0 aliphatic rings. The maximum atomic E-state index is 11.6. The summed E-state index contributed by atoms with van der Waals surface area (Å²) in [6.07, 6.45) is 2.05. The fourth-order valence-corrected chi connectivity index (χ4v) is 1.38. The number of hydrogen-bond donors (Lipinski definition) is 1. The lowest BCUT2D eigenvalue weighted by Crippen LogP contribution is -2.24.